The molecule has 0 bridgehead atoms. The number of anilines is 4. The summed E-state index contributed by atoms with van der Waals surface area (Å²) in [6.07, 6.45) is 31.7. The highest BCUT2D eigenvalue weighted by atomic mass is 15.2. The summed E-state index contributed by atoms with van der Waals surface area (Å²) in [5.41, 5.74) is 13.7. The first-order valence-corrected chi connectivity index (χ1v) is 23.6. The zero-order valence-corrected chi connectivity index (χ0v) is 37.5. The Kier molecular flexibility index (Phi) is 11.4. The quantitative estimate of drug-likeness (QED) is 0.144. The summed E-state index contributed by atoms with van der Waals surface area (Å²) in [5.74, 6) is 1.12. The largest absolute Gasteiger partial charge is 0.311 e. The van der Waals surface area contributed by atoms with Crippen LogP contribution in [0.2, 0.25) is 0 Å². The van der Waals surface area contributed by atoms with Crippen molar-refractivity contribution < 1.29 is 0 Å². The fourth-order valence-electron chi connectivity index (χ4n) is 10.9. The Morgan fingerprint density at radius 1 is 0.400 bits per heavy atom. The molecule has 0 unspecified atom stereocenters. The van der Waals surface area contributed by atoms with Crippen molar-refractivity contribution in [1.82, 2.24) is 0 Å². The average molecular weight is 793 g/mol. The van der Waals surface area contributed by atoms with Crippen LogP contribution in [-0.2, 0) is 10.8 Å². The topological polar surface area (TPSA) is 6.48 Å². The molecule has 0 heterocycles. The van der Waals surface area contributed by atoms with Gasteiger partial charge >= 0.3 is 0 Å². The number of hydrogen-bond acceptors (Lipinski definition) is 2. The van der Waals surface area contributed by atoms with E-state index in [-0.39, 0.29) is 10.8 Å². The zero-order chi connectivity index (χ0) is 41.4. The normalized spacial score (nSPS) is 18.2. The van der Waals surface area contributed by atoms with Crippen molar-refractivity contribution in [3.05, 3.63) is 155 Å². The van der Waals surface area contributed by atoms with Crippen LogP contribution >= 0.6 is 0 Å². The van der Waals surface area contributed by atoms with Gasteiger partial charge in [-0.15, -0.1) is 0 Å². The van der Waals surface area contributed by atoms with Gasteiger partial charge in [0.05, 0.1) is 0 Å². The van der Waals surface area contributed by atoms with Crippen LogP contribution in [0.5, 0.6) is 0 Å². The standard InChI is InChI=1S/C58H68N2/c1-57(2,3)43-27-31-47(32-28-43)59(45-23-15-9-16-24-45)49-35-37-51-53(39-49)55(41-19-11-7-12-20-41)52-38-36-50(40-54(52)56(51)42-21-13-8-14-22-42)60(46-25-17-10-18-26-46)48-33-29-44(30-34-48)58(4,5)6/h15,17,23-42H,7-14,16,18-22H2,1-6H3. The second-order valence-electron chi connectivity index (χ2n) is 20.4. The molecule has 0 amide bonds. The minimum Gasteiger partial charge on any atom is -0.311 e. The third-order valence-electron chi connectivity index (χ3n) is 14.2. The number of allylic oxidation sites excluding steroid dienone is 6. The first-order chi connectivity index (χ1) is 29.0. The van der Waals surface area contributed by atoms with Gasteiger partial charge in [0.15, 0.2) is 0 Å². The Morgan fingerprint density at radius 3 is 1.10 bits per heavy atom. The molecule has 2 nitrogen and oxygen atoms in total. The van der Waals surface area contributed by atoms with E-state index in [4.69, 9.17) is 0 Å². The van der Waals surface area contributed by atoms with Crippen LogP contribution in [-0.4, -0.2) is 0 Å². The molecule has 5 aromatic rings. The van der Waals surface area contributed by atoms with E-state index in [2.05, 4.69) is 173 Å². The van der Waals surface area contributed by atoms with E-state index in [0.717, 1.165) is 25.7 Å². The predicted octanol–water partition coefficient (Wildman–Crippen LogP) is 17.4. The van der Waals surface area contributed by atoms with Crippen molar-refractivity contribution in [2.24, 2.45) is 0 Å². The molecule has 5 aromatic carbocycles. The minimum atomic E-state index is 0.111. The van der Waals surface area contributed by atoms with Gasteiger partial charge in [-0.05, 0) is 179 Å². The summed E-state index contributed by atoms with van der Waals surface area (Å²) in [6, 6.07) is 34.0. The highest BCUT2D eigenvalue weighted by molar-refractivity contribution is 6.09. The molecule has 0 aromatic heterocycles. The summed E-state index contributed by atoms with van der Waals surface area (Å²) in [4.78, 5) is 5.07. The predicted molar refractivity (Wildman–Crippen MR) is 261 cm³/mol. The lowest BCUT2D eigenvalue weighted by molar-refractivity contribution is 0.445. The van der Waals surface area contributed by atoms with E-state index in [1.165, 1.54) is 131 Å². The molecular weight excluding hydrogens is 725 g/mol. The lowest BCUT2D eigenvalue weighted by atomic mass is 9.74. The molecule has 9 rings (SSSR count). The maximum atomic E-state index is 2.61. The number of rotatable bonds is 8. The molecule has 4 aliphatic rings. The zero-order valence-electron chi connectivity index (χ0n) is 37.5. The molecule has 2 heteroatoms. The molecule has 60 heavy (non-hydrogen) atoms. The molecular formula is C58H68N2. The Balaban J connectivity index is 1.28. The summed E-state index contributed by atoms with van der Waals surface area (Å²) in [5, 5.41) is 5.96. The lowest BCUT2D eigenvalue weighted by Crippen LogP contribution is -2.18. The fraction of sp³-hybridized carbons (Fsp3) is 0.414. The third-order valence-corrected chi connectivity index (χ3v) is 14.2. The van der Waals surface area contributed by atoms with E-state index in [9.17, 15) is 0 Å². The van der Waals surface area contributed by atoms with Crippen LogP contribution in [0.4, 0.5) is 22.7 Å². The number of hydrogen-bond donors (Lipinski definition) is 0. The van der Waals surface area contributed by atoms with Crippen molar-refractivity contribution in [1.29, 1.82) is 0 Å². The molecule has 2 fully saturated rings. The van der Waals surface area contributed by atoms with Crippen molar-refractivity contribution >= 4 is 44.3 Å². The number of fused-ring (bicyclic) bond motifs is 2. The van der Waals surface area contributed by atoms with Crippen LogP contribution in [0.1, 0.15) is 166 Å². The second-order valence-corrected chi connectivity index (χ2v) is 20.4. The average Bonchev–Trinajstić information content (AvgIpc) is 3.27. The SMILES string of the molecule is CC(C)(C)c1ccc(N(C2=CCCC=C2)c2ccc3c(C4CCCCC4)c4cc(N(C5=CCCC=C5)c5ccc(C(C)(C)C)cc5)ccc4c(C4CCCCC4)c3c2)cc1. The van der Waals surface area contributed by atoms with Crippen LogP contribution in [0.25, 0.3) is 21.5 Å². The van der Waals surface area contributed by atoms with E-state index >= 15 is 0 Å². The molecule has 0 spiro atoms. The molecule has 310 valence electrons. The fourth-order valence-corrected chi connectivity index (χ4v) is 10.9. The summed E-state index contributed by atoms with van der Waals surface area (Å²) in [7, 11) is 0. The summed E-state index contributed by atoms with van der Waals surface area (Å²) >= 11 is 0. The Bertz CT molecular complexity index is 2270. The summed E-state index contributed by atoms with van der Waals surface area (Å²) < 4.78 is 0. The molecule has 4 aliphatic carbocycles. The minimum absolute atomic E-state index is 0.111. The smallest absolute Gasteiger partial charge is 0.0467 e. The van der Waals surface area contributed by atoms with Crippen LogP contribution in [0.15, 0.2) is 133 Å². The van der Waals surface area contributed by atoms with Gasteiger partial charge in [-0.25, -0.2) is 0 Å². The first kappa shape index (κ1) is 40.6. The number of benzene rings is 5. The first-order valence-electron chi connectivity index (χ1n) is 23.6. The molecule has 0 atom stereocenters. The summed E-state index contributed by atoms with van der Waals surface area (Å²) in [6.45, 7) is 13.9. The van der Waals surface area contributed by atoms with Gasteiger partial charge in [-0.3, -0.25) is 0 Å². The molecule has 0 saturated heterocycles. The van der Waals surface area contributed by atoms with Crippen LogP contribution in [0, 0.1) is 0 Å². The van der Waals surface area contributed by atoms with Gasteiger partial charge in [0.25, 0.3) is 0 Å². The third kappa shape index (κ3) is 8.16. The van der Waals surface area contributed by atoms with Crippen molar-refractivity contribution in [3.63, 3.8) is 0 Å². The van der Waals surface area contributed by atoms with E-state index in [1.54, 1.807) is 11.1 Å². The Labute approximate surface area is 361 Å². The number of nitrogens with zero attached hydrogens (tertiary/aromatic N) is 2. The van der Waals surface area contributed by atoms with Crippen LogP contribution < -0.4 is 9.80 Å². The second kappa shape index (κ2) is 16.9. The molecule has 0 radical (unpaired) electrons. The lowest BCUT2D eigenvalue weighted by Gasteiger charge is -2.33. The van der Waals surface area contributed by atoms with Crippen molar-refractivity contribution in [2.75, 3.05) is 9.80 Å². The van der Waals surface area contributed by atoms with Crippen molar-refractivity contribution in [2.45, 2.75) is 154 Å². The maximum absolute atomic E-state index is 2.61. The highest BCUT2D eigenvalue weighted by Crippen LogP contribution is 2.50. The monoisotopic (exact) mass is 793 g/mol. The van der Waals surface area contributed by atoms with Gasteiger partial charge in [-0.1, -0.05) is 141 Å². The van der Waals surface area contributed by atoms with Gasteiger partial charge in [0.2, 0.25) is 0 Å². The van der Waals surface area contributed by atoms with Gasteiger partial charge in [0.1, 0.15) is 0 Å². The molecule has 0 N–H and O–H groups in total. The van der Waals surface area contributed by atoms with E-state index < -0.39 is 0 Å². The Hall–Kier alpha value is -4.82. The Morgan fingerprint density at radius 2 is 0.767 bits per heavy atom. The highest BCUT2D eigenvalue weighted by Gasteiger charge is 2.29. The van der Waals surface area contributed by atoms with Crippen LogP contribution in [0.3, 0.4) is 0 Å². The van der Waals surface area contributed by atoms with Gasteiger partial charge in [0, 0.05) is 34.1 Å². The molecule has 2 saturated carbocycles. The van der Waals surface area contributed by atoms with Gasteiger partial charge in [-0.2, -0.15) is 0 Å². The van der Waals surface area contributed by atoms with E-state index in [1.807, 2.05) is 0 Å². The molecule has 0 aliphatic heterocycles. The van der Waals surface area contributed by atoms with E-state index in [0.29, 0.717) is 11.8 Å². The maximum Gasteiger partial charge on any atom is 0.0467 e. The van der Waals surface area contributed by atoms with Gasteiger partial charge < -0.3 is 9.80 Å². The van der Waals surface area contributed by atoms with Crippen molar-refractivity contribution in [3.8, 4) is 0 Å².